The van der Waals surface area contributed by atoms with Crippen molar-refractivity contribution in [1.29, 1.82) is 0 Å². The summed E-state index contributed by atoms with van der Waals surface area (Å²) in [6.45, 7) is 4.31. The maximum atomic E-state index is 12.3. The van der Waals surface area contributed by atoms with Gasteiger partial charge in [-0.3, -0.25) is 4.79 Å². The number of thiazole rings is 1. The lowest BCUT2D eigenvalue weighted by Gasteiger charge is -2.15. The van der Waals surface area contributed by atoms with Gasteiger partial charge in [0, 0.05) is 12.7 Å². The third-order valence-corrected chi connectivity index (χ3v) is 5.89. The highest BCUT2D eigenvalue weighted by molar-refractivity contribution is 7.22. The fraction of sp³-hybridized carbons (Fsp3) is 0.222. The molecule has 0 bridgehead atoms. The van der Waals surface area contributed by atoms with Gasteiger partial charge in [0.05, 0.1) is 26.8 Å². The quantitative estimate of drug-likeness (QED) is 0.654. The van der Waals surface area contributed by atoms with Crippen LogP contribution in [0.5, 0.6) is 0 Å². The summed E-state index contributed by atoms with van der Waals surface area (Å²) in [6, 6.07) is 9.17. The number of carbonyl (C=O) groups excluding carboxylic acids is 1. The predicted molar refractivity (Wildman–Crippen MR) is 107 cm³/mol. The molecule has 2 aromatic carbocycles. The van der Waals surface area contributed by atoms with Crippen LogP contribution in [0.15, 0.2) is 30.3 Å². The Labute approximate surface area is 160 Å². The molecule has 130 valence electrons. The SMILES string of the molecule is Cc1ccc(C)c2sc(N(C)CC(=O)Nc3ccc(Cl)c(Cl)c3)nc12. The van der Waals surface area contributed by atoms with E-state index in [1.807, 2.05) is 18.9 Å². The number of nitrogens with one attached hydrogen (secondary N) is 1. The average molecular weight is 394 g/mol. The van der Waals surface area contributed by atoms with Gasteiger partial charge in [-0.1, -0.05) is 46.7 Å². The predicted octanol–water partition coefficient (Wildman–Crippen LogP) is 5.29. The summed E-state index contributed by atoms with van der Waals surface area (Å²) in [5, 5.41) is 4.50. The highest BCUT2D eigenvalue weighted by Gasteiger charge is 2.14. The summed E-state index contributed by atoms with van der Waals surface area (Å²) in [5.41, 5.74) is 3.94. The first-order valence-corrected chi connectivity index (χ1v) is 9.25. The van der Waals surface area contributed by atoms with Crippen LogP contribution in [0.2, 0.25) is 10.0 Å². The molecule has 4 nitrogen and oxygen atoms in total. The van der Waals surface area contributed by atoms with E-state index in [9.17, 15) is 4.79 Å². The van der Waals surface area contributed by atoms with Crippen molar-refractivity contribution in [1.82, 2.24) is 4.98 Å². The number of nitrogens with zero attached hydrogens (tertiary/aromatic N) is 2. The molecule has 0 aliphatic carbocycles. The Morgan fingerprint density at radius 2 is 1.88 bits per heavy atom. The molecule has 7 heteroatoms. The second-order valence-corrected chi connectivity index (χ2v) is 7.70. The van der Waals surface area contributed by atoms with Gasteiger partial charge in [0.2, 0.25) is 5.91 Å². The fourth-order valence-electron chi connectivity index (χ4n) is 2.47. The minimum atomic E-state index is -0.145. The molecule has 0 fully saturated rings. The molecule has 25 heavy (non-hydrogen) atoms. The smallest absolute Gasteiger partial charge is 0.243 e. The highest BCUT2D eigenvalue weighted by Crippen LogP contribution is 2.32. The Hall–Kier alpha value is -1.82. The van der Waals surface area contributed by atoms with Gasteiger partial charge in [0.1, 0.15) is 0 Å². The largest absolute Gasteiger partial charge is 0.342 e. The first-order chi connectivity index (χ1) is 11.8. The molecule has 0 radical (unpaired) electrons. The van der Waals surface area contributed by atoms with Gasteiger partial charge in [-0.2, -0.15) is 0 Å². The van der Waals surface area contributed by atoms with Crippen LogP contribution in [-0.2, 0) is 4.79 Å². The van der Waals surface area contributed by atoms with Crippen LogP contribution < -0.4 is 10.2 Å². The van der Waals surface area contributed by atoms with E-state index in [0.29, 0.717) is 15.7 Å². The van der Waals surface area contributed by atoms with Crippen molar-refractivity contribution in [3.05, 3.63) is 51.5 Å². The maximum absolute atomic E-state index is 12.3. The van der Waals surface area contributed by atoms with Gasteiger partial charge in [-0.05, 0) is 43.2 Å². The molecule has 0 saturated heterocycles. The molecule has 1 aromatic heterocycles. The molecular formula is C18H17Cl2N3OS. The third kappa shape index (κ3) is 3.89. The molecule has 0 saturated carbocycles. The van der Waals surface area contributed by atoms with Crippen LogP contribution in [-0.4, -0.2) is 24.5 Å². The summed E-state index contributed by atoms with van der Waals surface area (Å²) < 4.78 is 1.16. The van der Waals surface area contributed by atoms with Crippen LogP contribution in [0.25, 0.3) is 10.2 Å². The van der Waals surface area contributed by atoms with Gasteiger partial charge >= 0.3 is 0 Å². The lowest BCUT2D eigenvalue weighted by atomic mass is 10.1. The van der Waals surface area contributed by atoms with Crippen LogP contribution in [0.4, 0.5) is 10.8 Å². The zero-order chi connectivity index (χ0) is 18.1. The zero-order valence-corrected chi connectivity index (χ0v) is 16.4. The van der Waals surface area contributed by atoms with Gasteiger partial charge in [0.25, 0.3) is 0 Å². The summed E-state index contributed by atoms with van der Waals surface area (Å²) in [6.07, 6.45) is 0. The maximum Gasteiger partial charge on any atom is 0.243 e. The van der Waals surface area contributed by atoms with Crippen molar-refractivity contribution in [2.45, 2.75) is 13.8 Å². The van der Waals surface area contributed by atoms with Gasteiger partial charge < -0.3 is 10.2 Å². The molecule has 1 heterocycles. The lowest BCUT2D eigenvalue weighted by molar-refractivity contribution is -0.114. The third-order valence-electron chi connectivity index (χ3n) is 3.84. The first-order valence-electron chi connectivity index (χ1n) is 7.68. The standard InChI is InChI=1S/C18H17Cl2N3OS/c1-10-4-5-11(2)17-16(10)22-18(25-17)23(3)9-15(24)21-12-6-7-13(19)14(20)8-12/h4-8H,9H2,1-3H3,(H,21,24). The monoisotopic (exact) mass is 393 g/mol. The summed E-state index contributed by atoms with van der Waals surface area (Å²) in [7, 11) is 1.86. The molecule has 3 aromatic rings. The number of amides is 1. The van der Waals surface area contributed by atoms with E-state index in [4.69, 9.17) is 23.2 Å². The number of carbonyl (C=O) groups is 1. The van der Waals surface area contributed by atoms with Crippen LogP contribution in [0, 0.1) is 13.8 Å². The van der Waals surface area contributed by atoms with Crippen molar-refractivity contribution >= 4 is 61.5 Å². The molecule has 0 spiro atoms. The Bertz CT molecular complexity index is 916. The van der Waals surface area contributed by atoms with Gasteiger partial charge in [0.15, 0.2) is 5.13 Å². The molecule has 0 unspecified atom stereocenters. The fourth-order valence-corrected chi connectivity index (χ4v) is 3.84. The topological polar surface area (TPSA) is 45.2 Å². The van der Waals surface area contributed by atoms with E-state index >= 15 is 0 Å². The Balaban J connectivity index is 1.74. The second kappa shape index (κ2) is 7.20. The molecule has 0 aliphatic heterocycles. The average Bonchev–Trinajstić information content (AvgIpc) is 3.01. The summed E-state index contributed by atoms with van der Waals surface area (Å²) >= 11 is 13.5. The van der Waals surface area contributed by atoms with E-state index in [1.165, 1.54) is 5.56 Å². The molecule has 0 atom stereocenters. The number of benzene rings is 2. The number of aryl methyl sites for hydroxylation is 2. The highest BCUT2D eigenvalue weighted by atomic mass is 35.5. The minimum absolute atomic E-state index is 0.145. The Morgan fingerprint density at radius 1 is 1.16 bits per heavy atom. The van der Waals surface area contributed by atoms with Crippen molar-refractivity contribution in [3.8, 4) is 0 Å². The number of hydrogen-bond acceptors (Lipinski definition) is 4. The molecule has 0 aliphatic rings. The number of rotatable bonds is 4. The summed E-state index contributed by atoms with van der Waals surface area (Å²) in [4.78, 5) is 18.8. The minimum Gasteiger partial charge on any atom is -0.342 e. The number of anilines is 2. The van der Waals surface area contributed by atoms with Gasteiger partial charge in [-0.25, -0.2) is 4.98 Å². The number of aromatic nitrogens is 1. The molecule has 3 rings (SSSR count). The number of fused-ring (bicyclic) bond motifs is 1. The van der Waals surface area contributed by atoms with Crippen molar-refractivity contribution < 1.29 is 4.79 Å². The summed E-state index contributed by atoms with van der Waals surface area (Å²) in [5.74, 6) is -0.145. The number of hydrogen-bond donors (Lipinski definition) is 1. The molecule has 1 amide bonds. The normalized spacial score (nSPS) is 10.9. The number of halogens is 2. The Morgan fingerprint density at radius 3 is 2.56 bits per heavy atom. The van der Waals surface area contributed by atoms with Crippen molar-refractivity contribution in [3.63, 3.8) is 0 Å². The molecular weight excluding hydrogens is 377 g/mol. The van der Waals surface area contributed by atoms with Crippen molar-refractivity contribution in [2.75, 3.05) is 23.8 Å². The van der Waals surface area contributed by atoms with E-state index in [1.54, 1.807) is 29.5 Å². The lowest BCUT2D eigenvalue weighted by Crippen LogP contribution is -2.29. The van der Waals surface area contributed by atoms with Crippen molar-refractivity contribution in [2.24, 2.45) is 0 Å². The van der Waals surface area contributed by atoms with E-state index in [-0.39, 0.29) is 12.5 Å². The van der Waals surface area contributed by atoms with Crippen LogP contribution >= 0.6 is 34.5 Å². The number of likely N-dealkylation sites (N-methyl/N-ethyl adjacent to an activating group) is 1. The van der Waals surface area contributed by atoms with Crippen LogP contribution in [0.1, 0.15) is 11.1 Å². The van der Waals surface area contributed by atoms with E-state index in [2.05, 4.69) is 29.4 Å². The second-order valence-electron chi connectivity index (χ2n) is 5.91. The van der Waals surface area contributed by atoms with Gasteiger partial charge in [-0.15, -0.1) is 0 Å². The zero-order valence-electron chi connectivity index (χ0n) is 14.1. The Kier molecular flexibility index (Phi) is 5.18. The van der Waals surface area contributed by atoms with E-state index in [0.717, 1.165) is 20.9 Å². The molecule has 1 N–H and O–H groups in total. The first kappa shape index (κ1) is 18.0. The van der Waals surface area contributed by atoms with E-state index < -0.39 is 0 Å². The van der Waals surface area contributed by atoms with Crippen LogP contribution in [0.3, 0.4) is 0 Å².